The first-order valence-electron chi connectivity index (χ1n) is 6.40. The number of hydrogen-bond acceptors (Lipinski definition) is 2. The van der Waals surface area contributed by atoms with Crippen molar-refractivity contribution in [3.63, 3.8) is 0 Å². The highest BCUT2D eigenvalue weighted by atomic mass is 16.5. The number of carbonyl (C=O) groups excluding carboxylic acids is 1. The van der Waals surface area contributed by atoms with Crippen molar-refractivity contribution >= 4 is 6.29 Å². The van der Waals surface area contributed by atoms with Gasteiger partial charge in [0.15, 0.2) is 6.29 Å². The zero-order valence-electron chi connectivity index (χ0n) is 11.1. The molecule has 2 aromatic carbocycles. The van der Waals surface area contributed by atoms with Gasteiger partial charge in [-0.3, -0.25) is 0 Å². The highest BCUT2D eigenvalue weighted by Gasteiger charge is 2.24. The molecule has 0 saturated heterocycles. The number of rotatable bonds is 6. The predicted molar refractivity (Wildman–Crippen MR) is 75.8 cm³/mol. The molecule has 2 nitrogen and oxygen atoms in total. The third-order valence-corrected chi connectivity index (χ3v) is 3.06. The normalized spacial score (nSPS) is 13.7. The Morgan fingerprint density at radius 1 is 0.947 bits per heavy atom. The minimum Gasteiger partial charge on any atom is -0.363 e. The average molecular weight is 254 g/mol. The fourth-order valence-electron chi connectivity index (χ4n) is 1.95. The summed E-state index contributed by atoms with van der Waals surface area (Å²) in [5, 5.41) is 0. The molecular formula is C17H18O2. The maximum atomic E-state index is 11.3. The maximum Gasteiger partial charge on any atom is 0.151 e. The Morgan fingerprint density at radius 3 is 2.00 bits per heavy atom. The van der Waals surface area contributed by atoms with Gasteiger partial charge in [-0.05, 0) is 18.1 Å². The van der Waals surface area contributed by atoms with E-state index in [0.717, 1.165) is 17.4 Å². The van der Waals surface area contributed by atoms with Crippen LogP contribution in [0.1, 0.15) is 18.1 Å². The molecule has 0 aliphatic heterocycles. The molecule has 1 atom stereocenters. The molecule has 0 spiro atoms. The topological polar surface area (TPSA) is 26.3 Å². The molecule has 0 N–H and O–H groups in total. The second-order valence-corrected chi connectivity index (χ2v) is 4.87. The van der Waals surface area contributed by atoms with Gasteiger partial charge < -0.3 is 9.53 Å². The van der Waals surface area contributed by atoms with Gasteiger partial charge in [-0.1, -0.05) is 60.7 Å². The molecule has 0 aliphatic rings. The highest BCUT2D eigenvalue weighted by Crippen LogP contribution is 2.17. The van der Waals surface area contributed by atoms with Crippen molar-refractivity contribution in [3.8, 4) is 0 Å². The van der Waals surface area contributed by atoms with Crippen LogP contribution in [0, 0.1) is 0 Å². The molecule has 0 heterocycles. The van der Waals surface area contributed by atoms with Crippen LogP contribution in [0.15, 0.2) is 60.7 Å². The standard InChI is InChI=1S/C17H18O2/c1-17(14-18,12-15-8-4-2-5-9-15)19-13-16-10-6-3-7-11-16/h2-11,14H,12-13H2,1H3. The lowest BCUT2D eigenvalue weighted by molar-refractivity contribution is -0.130. The van der Waals surface area contributed by atoms with Crippen LogP contribution in [0.4, 0.5) is 0 Å². The largest absolute Gasteiger partial charge is 0.363 e. The van der Waals surface area contributed by atoms with Crippen LogP contribution < -0.4 is 0 Å². The van der Waals surface area contributed by atoms with Crippen LogP contribution in [-0.2, 0) is 22.6 Å². The molecule has 0 fully saturated rings. The lowest BCUT2D eigenvalue weighted by atomic mass is 9.98. The molecule has 0 amide bonds. The summed E-state index contributed by atoms with van der Waals surface area (Å²) in [4.78, 5) is 11.3. The van der Waals surface area contributed by atoms with Gasteiger partial charge in [-0.25, -0.2) is 0 Å². The Labute approximate surface area is 114 Å². The maximum absolute atomic E-state index is 11.3. The minimum atomic E-state index is -0.781. The van der Waals surface area contributed by atoms with Crippen molar-refractivity contribution in [2.24, 2.45) is 0 Å². The molecule has 1 unspecified atom stereocenters. The lowest BCUT2D eigenvalue weighted by Gasteiger charge is -2.24. The SMILES string of the molecule is CC(C=O)(Cc1ccccc1)OCc1ccccc1. The van der Waals surface area contributed by atoms with Gasteiger partial charge >= 0.3 is 0 Å². The molecule has 19 heavy (non-hydrogen) atoms. The van der Waals surface area contributed by atoms with Crippen molar-refractivity contribution in [2.75, 3.05) is 0 Å². The molecule has 0 saturated carbocycles. The lowest BCUT2D eigenvalue weighted by Crippen LogP contribution is -2.33. The summed E-state index contributed by atoms with van der Waals surface area (Å²) < 4.78 is 5.80. The third kappa shape index (κ3) is 4.04. The van der Waals surface area contributed by atoms with Crippen molar-refractivity contribution in [1.82, 2.24) is 0 Å². The molecule has 0 radical (unpaired) electrons. The first-order valence-corrected chi connectivity index (χ1v) is 6.40. The number of aldehydes is 1. The van der Waals surface area contributed by atoms with Crippen molar-refractivity contribution in [3.05, 3.63) is 71.8 Å². The van der Waals surface area contributed by atoms with Crippen molar-refractivity contribution in [2.45, 2.75) is 25.6 Å². The second kappa shape index (κ2) is 6.30. The van der Waals surface area contributed by atoms with E-state index in [4.69, 9.17) is 4.74 Å². The summed E-state index contributed by atoms with van der Waals surface area (Å²) in [5.41, 5.74) is 1.39. The number of ether oxygens (including phenoxy) is 1. The Hall–Kier alpha value is -1.93. The molecule has 2 aromatic rings. The van der Waals surface area contributed by atoms with Gasteiger partial charge in [0.05, 0.1) is 6.61 Å². The summed E-state index contributed by atoms with van der Waals surface area (Å²) in [6.45, 7) is 2.28. The Balaban J connectivity index is 2.00. The van der Waals surface area contributed by atoms with Gasteiger partial charge in [0.1, 0.15) is 5.60 Å². The van der Waals surface area contributed by atoms with E-state index < -0.39 is 5.60 Å². The molecule has 2 heteroatoms. The zero-order valence-corrected chi connectivity index (χ0v) is 11.1. The number of benzene rings is 2. The summed E-state index contributed by atoms with van der Waals surface area (Å²) >= 11 is 0. The van der Waals surface area contributed by atoms with E-state index in [1.165, 1.54) is 0 Å². The van der Waals surface area contributed by atoms with Gasteiger partial charge in [0.2, 0.25) is 0 Å². The van der Waals surface area contributed by atoms with Gasteiger partial charge in [0, 0.05) is 6.42 Å². The molecular weight excluding hydrogens is 236 g/mol. The van der Waals surface area contributed by atoms with Crippen LogP contribution in [-0.4, -0.2) is 11.9 Å². The summed E-state index contributed by atoms with van der Waals surface area (Å²) in [7, 11) is 0. The Kier molecular flexibility index (Phi) is 4.48. The van der Waals surface area contributed by atoms with E-state index in [9.17, 15) is 4.79 Å². The van der Waals surface area contributed by atoms with Crippen LogP contribution in [0.2, 0.25) is 0 Å². The Bertz CT molecular complexity index is 507. The van der Waals surface area contributed by atoms with Crippen LogP contribution in [0.5, 0.6) is 0 Å². The molecule has 2 rings (SSSR count). The monoisotopic (exact) mass is 254 g/mol. The fourth-order valence-corrected chi connectivity index (χ4v) is 1.95. The van der Waals surface area contributed by atoms with Crippen LogP contribution in [0.25, 0.3) is 0 Å². The smallest absolute Gasteiger partial charge is 0.151 e. The molecule has 98 valence electrons. The van der Waals surface area contributed by atoms with Gasteiger partial charge in [-0.15, -0.1) is 0 Å². The zero-order chi connectivity index (χ0) is 13.6. The van der Waals surface area contributed by atoms with Gasteiger partial charge in [-0.2, -0.15) is 0 Å². The number of hydrogen-bond donors (Lipinski definition) is 0. The highest BCUT2D eigenvalue weighted by molar-refractivity contribution is 5.62. The summed E-state index contributed by atoms with van der Waals surface area (Å²) in [5.74, 6) is 0. The van der Waals surface area contributed by atoms with E-state index in [0.29, 0.717) is 13.0 Å². The first kappa shape index (κ1) is 13.5. The average Bonchev–Trinajstić information content (AvgIpc) is 2.47. The van der Waals surface area contributed by atoms with E-state index in [1.54, 1.807) is 0 Å². The van der Waals surface area contributed by atoms with E-state index >= 15 is 0 Å². The van der Waals surface area contributed by atoms with Crippen LogP contribution in [0.3, 0.4) is 0 Å². The second-order valence-electron chi connectivity index (χ2n) is 4.87. The minimum absolute atomic E-state index is 0.447. The van der Waals surface area contributed by atoms with Crippen LogP contribution >= 0.6 is 0 Å². The Morgan fingerprint density at radius 2 is 1.47 bits per heavy atom. The van der Waals surface area contributed by atoms with E-state index in [2.05, 4.69) is 0 Å². The van der Waals surface area contributed by atoms with Crippen molar-refractivity contribution < 1.29 is 9.53 Å². The molecule has 0 aromatic heterocycles. The summed E-state index contributed by atoms with van der Waals surface area (Å²) in [6.07, 6.45) is 1.48. The van der Waals surface area contributed by atoms with Crippen molar-refractivity contribution in [1.29, 1.82) is 0 Å². The summed E-state index contributed by atoms with van der Waals surface area (Å²) in [6, 6.07) is 19.8. The van der Waals surface area contributed by atoms with E-state index in [1.807, 2.05) is 67.6 Å². The number of carbonyl (C=O) groups is 1. The molecule has 0 bridgehead atoms. The van der Waals surface area contributed by atoms with E-state index in [-0.39, 0.29) is 0 Å². The molecule has 0 aliphatic carbocycles. The fraction of sp³-hybridized carbons (Fsp3) is 0.235. The quantitative estimate of drug-likeness (QED) is 0.738. The van der Waals surface area contributed by atoms with Gasteiger partial charge in [0.25, 0.3) is 0 Å². The predicted octanol–water partition coefficient (Wildman–Crippen LogP) is 3.40. The third-order valence-electron chi connectivity index (χ3n) is 3.06. The first-order chi connectivity index (χ1) is 9.22.